The number of carbonyl (C=O) groups is 5. The summed E-state index contributed by atoms with van der Waals surface area (Å²) in [5.41, 5.74) is 0.712. The third-order valence-corrected chi connectivity index (χ3v) is 5.26. The number of amides is 4. The number of anilines is 2. The lowest BCUT2D eigenvalue weighted by molar-refractivity contribution is -0.125. The van der Waals surface area contributed by atoms with Crippen LogP contribution in [0, 0.1) is 0 Å². The number of fused-ring (bicyclic) bond motifs is 1. The normalized spacial score (nSPS) is 12.9. The average molecular weight is 451 g/mol. The second kappa shape index (κ2) is 9.23. The van der Waals surface area contributed by atoms with E-state index in [1.807, 2.05) is 20.8 Å². The van der Waals surface area contributed by atoms with Crippen molar-refractivity contribution >= 4 is 41.0 Å². The molecule has 33 heavy (non-hydrogen) atoms. The Morgan fingerprint density at radius 2 is 1.61 bits per heavy atom. The molecule has 4 amide bonds. The van der Waals surface area contributed by atoms with Crippen LogP contribution in [0.1, 0.15) is 65.2 Å². The highest BCUT2D eigenvalue weighted by Gasteiger charge is 2.37. The average Bonchev–Trinajstić information content (AvgIpc) is 3.01. The summed E-state index contributed by atoms with van der Waals surface area (Å²) in [6, 6.07) is 10.3. The van der Waals surface area contributed by atoms with Gasteiger partial charge in [-0.3, -0.25) is 19.2 Å². The first-order valence-corrected chi connectivity index (χ1v) is 10.4. The quantitative estimate of drug-likeness (QED) is 0.493. The van der Waals surface area contributed by atoms with Crippen molar-refractivity contribution < 1.29 is 28.7 Å². The Kier molecular flexibility index (Phi) is 6.62. The molecule has 0 saturated carbocycles. The molecule has 2 aromatic carbocycles. The first-order valence-electron chi connectivity index (χ1n) is 10.4. The predicted octanol–water partition coefficient (Wildman–Crippen LogP) is 2.91. The molecule has 0 aromatic heterocycles. The van der Waals surface area contributed by atoms with Crippen molar-refractivity contribution in [3.63, 3.8) is 0 Å². The molecule has 0 aliphatic carbocycles. The van der Waals surface area contributed by atoms with Crippen molar-refractivity contribution in [1.29, 1.82) is 0 Å². The van der Waals surface area contributed by atoms with Crippen molar-refractivity contribution in [2.24, 2.45) is 0 Å². The van der Waals surface area contributed by atoms with Crippen LogP contribution in [0.3, 0.4) is 0 Å². The Morgan fingerprint density at radius 1 is 0.970 bits per heavy atom. The molecule has 2 aromatic rings. The second-order valence-corrected chi connectivity index (χ2v) is 8.30. The molecule has 1 aliphatic heterocycles. The Morgan fingerprint density at radius 3 is 2.21 bits per heavy atom. The lowest BCUT2D eigenvalue weighted by Crippen LogP contribution is -2.44. The maximum Gasteiger partial charge on any atom is 0.338 e. The highest BCUT2D eigenvalue weighted by molar-refractivity contribution is 6.34. The fourth-order valence-corrected chi connectivity index (χ4v) is 3.22. The Balaban J connectivity index is 1.73. The second-order valence-electron chi connectivity index (χ2n) is 8.30. The summed E-state index contributed by atoms with van der Waals surface area (Å²) in [7, 11) is 0. The molecule has 0 atom stereocenters. The van der Waals surface area contributed by atoms with Gasteiger partial charge in [0, 0.05) is 18.2 Å². The van der Waals surface area contributed by atoms with Gasteiger partial charge in [0.15, 0.2) is 6.61 Å². The van der Waals surface area contributed by atoms with Crippen molar-refractivity contribution in [2.75, 3.05) is 16.8 Å². The Hall–Kier alpha value is -4.01. The number of carbonyl (C=O) groups excluding carboxylic acids is 5. The third kappa shape index (κ3) is 5.25. The Bertz CT molecular complexity index is 1140. The van der Waals surface area contributed by atoms with Crippen molar-refractivity contribution in [2.45, 2.75) is 39.7 Å². The molecule has 2 N–H and O–H groups in total. The molecule has 0 unspecified atom stereocenters. The first-order chi connectivity index (χ1) is 15.5. The number of esters is 1. The number of hydrogen-bond acceptors (Lipinski definition) is 6. The Labute approximate surface area is 191 Å². The lowest BCUT2D eigenvalue weighted by atomic mass is 10.0. The molecule has 172 valence electrons. The summed E-state index contributed by atoms with van der Waals surface area (Å²) in [4.78, 5) is 62.3. The summed E-state index contributed by atoms with van der Waals surface area (Å²) < 4.78 is 5.06. The fraction of sp³-hybridized carbons (Fsp3) is 0.292. The van der Waals surface area contributed by atoms with E-state index in [0.717, 1.165) is 4.90 Å². The number of nitrogens with zero attached hydrogens (tertiary/aromatic N) is 1. The van der Waals surface area contributed by atoms with Gasteiger partial charge in [-0.1, -0.05) is 6.92 Å². The highest BCUT2D eigenvalue weighted by atomic mass is 16.5. The van der Waals surface area contributed by atoms with E-state index in [2.05, 4.69) is 10.6 Å². The number of imide groups is 1. The van der Waals surface area contributed by atoms with Gasteiger partial charge in [0.2, 0.25) is 5.91 Å². The molecule has 0 fully saturated rings. The van der Waals surface area contributed by atoms with Crippen molar-refractivity contribution in [1.82, 2.24) is 5.32 Å². The van der Waals surface area contributed by atoms with Gasteiger partial charge >= 0.3 is 5.97 Å². The maximum absolute atomic E-state index is 12.9. The zero-order valence-corrected chi connectivity index (χ0v) is 18.9. The summed E-state index contributed by atoms with van der Waals surface area (Å²) in [5.74, 6) is -2.56. The minimum absolute atomic E-state index is 0.0558. The molecular weight excluding hydrogens is 426 g/mol. The van der Waals surface area contributed by atoms with E-state index >= 15 is 0 Å². The van der Waals surface area contributed by atoms with Crippen LogP contribution >= 0.6 is 0 Å². The zero-order valence-electron chi connectivity index (χ0n) is 18.9. The van der Waals surface area contributed by atoms with Crippen LogP contribution in [0.4, 0.5) is 11.4 Å². The predicted molar refractivity (Wildman–Crippen MR) is 121 cm³/mol. The summed E-state index contributed by atoms with van der Waals surface area (Å²) >= 11 is 0. The van der Waals surface area contributed by atoms with Gasteiger partial charge in [0.25, 0.3) is 17.7 Å². The molecule has 3 rings (SSSR count). The minimum Gasteiger partial charge on any atom is -0.452 e. The van der Waals surface area contributed by atoms with Gasteiger partial charge in [-0.25, -0.2) is 9.69 Å². The SMILES string of the molecule is CCC(C)(C)NC(=O)COC(=O)c1ccc2c(c1)C(=O)N(c1ccc(NC(C)=O)cc1)C2=O. The molecule has 1 heterocycles. The van der Waals surface area contributed by atoms with Crippen LogP contribution in [0.25, 0.3) is 0 Å². The van der Waals surface area contributed by atoms with Crippen molar-refractivity contribution in [3.8, 4) is 0 Å². The third-order valence-electron chi connectivity index (χ3n) is 5.26. The van der Waals surface area contributed by atoms with Gasteiger partial charge < -0.3 is 15.4 Å². The number of hydrogen-bond donors (Lipinski definition) is 2. The largest absolute Gasteiger partial charge is 0.452 e. The highest BCUT2D eigenvalue weighted by Crippen LogP contribution is 2.30. The number of rotatable bonds is 7. The molecule has 0 spiro atoms. The molecule has 0 saturated heterocycles. The van der Waals surface area contributed by atoms with Crippen LogP contribution in [0.2, 0.25) is 0 Å². The zero-order chi connectivity index (χ0) is 24.3. The number of benzene rings is 2. The molecule has 0 bridgehead atoms. The maximum atomic E-state index is 12.9. The molecular formula is C24H25N3O6. The minimum atomic E-state index is -0.777. The van der Waals surface area contributed by atoms with E-state index < -0.39 is 35.8 Å². The van der Waals surface area contributed by atoms with E-state index in [1.165, 1.54) is 25.1 Å². The van der Waals surface area contributed by atoms with E-state index in [0.29, 0.717) is 17.8 Å². The van der Waals surface area contributed by atoms with Gasteiger partial charge in [-0.2, -0.15) is 0 Å². The fourth-order valence-electron chi connectivity index (χ4n) is 3.22. The van der Waals surface area contributed by atoms with Crippen LogP contribution in [-0.2, 0) is 14.3 Å². The molecule has 9 heteroatoms. The molecule has 1 aliphatic rings. The monoisotopic (exact) mass is 451 g/mol. The number of nitrogens with one attached hydrogen (secondary N) is 2. The van der Waals surface area contributed by atoms with E-state index in [-0.39, 0.29) is 22.6 Å². The summed E-state index contributed by atoms with van der Waals surface area (Å²) in [5, 5.41) is 5.37. The number of ether oxygens (including phenoxy) is 1. The van der Waals surface area contributed by atoms with Crippen LogP contribution in [0.5, 0.6) is 0 Å². The summed E-state index contributed by atoms with van der Waals surface area (Å²) in [6.45, 7) is 6.55. The van der Waals surface area contributed by atoms with Gasteiger partial charge in [-0.05, 0) is 62.7 Å². The standard InChI is InChI=1S/C24H25N3O6/c1-5-24(3,4)26-20(29)13-33-23(32)15-6-11-18-19(12-15)22(31)27(21(18)30)17-9-7-16(8-10-17)25-14(2)28/h6-12H,5,13H2,1-4H3,(H,25,28)(H,26,29). The first kappa shape index (κ1) is 23.6. The topological polar surface area (TPSA) is 122 Å². The molecule has 9 nitrogen and oxygen atoms in total. The van der Waals surface area contributed by atoms with Gasteiger partial charge in [-0.15, -0.1) is 0 Å². The lowest BCUT2D eigenvalue weighted by Gasteiger charge is -2.24. The van der Waals surface area contributed by atoms with E-state index in [9.17, 15) is 24.0 Å². The van der Waals surface area contributed by atoms with Crippen LogP contribution in [-0.4, -0.2) is 41.7 Å². The molecule has 0 radical (unpaired) electrons. The van der Waals surface area contributed by atoms with E-state index in [4.69, 9.17) is 4.74 Å². The van der Waals surface area contributed by atoms with Crippen LogP contribution < -0.4 is 15.5 Å². The van der Waals surface area contributed by atoms with Crippen molar-refractivity contribution in [3.05, 3.63) is 59.2 Å². The van der Waals surface area contributed by atoms with Gasteiger partial charge in [0.05, 0.1) is 22.4 Å². The van der Waals surface area contributed by atoms with E-state index in [1.54, 1.807) is 24.3 Å². The summed E-state index contributed by atoms with van der Waals surface area (Å²) in [6.07, 6.45) is 0.708. The van der Waals surface area contributed by atoms with Crippen LogP contribution in [0.15, 0.2) is 42.5 Å². The van der Waals surface area contributed by atoms with Gasteiger partial charge in [0.1, 0.15) is 0 Å². The smallest absolute Gasteiger partial charge is 0.338 e.